The number of nitrogens with one attached hydrogen (secondary N) is 1. The van der Waals surface area contributed by atoms with Crippen molar-refractivity contribution in [2.75, 3.05) is 4.72 Å². The highest BCUT2D eigenvalue weighted by Crippen LogP contribution is 2.24. The van der Waals surface area contributed by atoms with E-state index in [0.717, 1.165) is 0 Å². The molecule has 2 aromatic heterocycles. The lowest BCUT2D eigenvalue weighted by Gasteiger charge is -2.08. The van der Waals surface area contributed by atoms with Gasteiger partial charge in [0.2, 0.25) is 5.95 Å². The minimum atomic E-state index is -3.82. The van der Waals surface area contributed by atoms with Crippen molar-refractivity contribution in [3.05, 3.63) is 28.3 Å². The Morgan fingerprint density at radius 1 is 1.30 bits per heavy atom. The average Bonchev–Trinajstić information content (AvgIpc) is 2.75. The third-order valence-electron chi connectivity index (χ3n) is 2.48. The van der Waals surface area contributed by atoms with Crippen LogP contribution in [-0.4, -0.2) is 28.2 Å². The number of sulfonamides is 1. The first-order chi connectivity index (χ1) is 9.33. The number of aromatic nitrogens is 4. The van der Waals surface area contributed by atoms with Crippen LogP contribution in [0.1, 0.15) is 12.5 Å². The van der Waals surface area contributed by atoms with E-state index in [4.69, 9.17) is 23.2 Å². The Bertz CT molecular complexity index is 721. The van der Waals surface area contributed by atoms with Crippen molar-refractivity contribution in [3.63, 3.8) is 0 Å². The van der Waals surface area contributed by atoms with Crippen LogP contribution in [0.3, 0.4) is 0 Å². The van der Waals surface area contributed by atoms with E-state index in [-0.39, 0.29) is 21.2 Å². The Morgan fingerprint density at radius 2 is 1.90 bits per heavy atom. The monoisotopic (exact) mass is 335 g/mol. The zero-order valence-corrected chi connectivity index (χ0v) is 13.0. The lowest BCUT2D eigenvalue weighted by Crippen LogP contribution is -2.15. The van der Waals surface area contributed by atoms with Gasteiger partial charge in [0.1, 0.15) is 15.2 Å². The summed E-state index contributed by atoms with van der Waals surface area (Å²) in [5, 5.41) is 4.03. The van der Waals surface area contributed by atoms with Crippen molar-refractivity contribution in [3.8, 4) is 0 Å². The molecule has 2 rings (SSSR count). The van der Waals surface area contributed by atoms with Crippen LogP contribution in [-0.2, 0) is 23.5 Å². The van der Waals surface area contributed by atoms with Crippen LogP contribution < -0.4 is 4.72 Å². The lowest BCUT2D eigenvalue weighted by atomic mass is 10.3. The van der Waals surface area contributed by atoms with Crippen LogP contribution in [0.25, 0.3) is 0 Å². The molecule has 2 aromatic rings. The largest absolute Gasteiger partial charge is 0.274 e. The molecule has 0 aliphatic carbocycles. The Balaban J connectivity index is 2.35. The molecular formula is C10H11Cl2N5O2S. The van der Waals surface area contributed by atoms with Crippen LogP contribution in [0.15, 0.2) is 17.3 Å². The van der Waals surface area contributed by atoms with Gasteiger partial charge in [0.25, 0.3) is 10.0 Å². The molecule has 0 saturated heterocycles. The summed E-state index contributed by atoms with van der Waals surface area (Å²) in [6.07, 6.45) is 3.12. The maximum atomic E-state index is 12.1. The van der Waals surface area contributed by atoms with Crippen LogP contribution in [0.4, 0.5) is 5.95 Å². The van der Waals surface area contributed by atoms with Crippen molar-refractivity contribution in [1.82, 2.24) is 19.7 Å². The van der Waals surface area contributed by atoms with Gasteiger partial charge in [-0.05, 0) is 6.42 Å². The SMILES string of the molecule is CCc1c(Cl)nc(NS(=O)(=O)c2cnn(C)c2)nc1Cl. The summed E-state index contributed by atoms with van der Waals surface area (Å²) in [5.41, 5.74) is 0.567. The molecule has 0 aromatic carbocycles. The van der Waals surface area contributed by atoms with Crippen LogP contribution in [0, 0.1) is 0 Å². The van der Waals surface area contributed by atoms with Gasteiger partial charge in [0.15, 0.2) is 0 Å². The fourth-order valence-electron chi connectivity index (χ4n) is 1.49. The number of halogens is 2. The molecule has 0 bridgehead atoms. The Labute approximate surface area is 126 Å². The molecule has 0 amide bonds. The van der Waals surface area contributed by atoms with E-state index in [1.807, 2.05) is 6.92 Å². The van der Waals surface area contributed by atoms with Crippen LogP contribution >= 0.6 is 23.2 Å². The fraction of sp³-hybridized carbons (Fsp3) is 0.300. The minimum absolute atomic E-state index is 0.00425. The summed E-state index contributed by atoms with van der Waals surface area (Å²) in [5.74, 6) is -0.180. The van der Waals surface area contributed by atoms with Crippen LogP contribution in [0.2, 0.25) is 10.3 Å². The molecule has 7 nitrogen and oxygen atoms in total. The molecule has 0 saturated carbocycles. The molecule has 0 aliphatic heterocycles. The first-order valence-electron chi connectivity index (χ1n) is 5.57. The zero-order chi connectivity index (χ0) is 14.9. The van der Waals surface area contributed by atoms with E-state index in [0.29, 0.717) is 12.0 Å². The maximum absolute atomic E-state index is 12.1. The molecule has 0 atom stereocenters. The molecule has 20 heavy (non-hydrogen) atoms. The molecule has 2 heterocycles. The summed E-state index contributed by atoms with van der Waals surface area (Å²) >= 11 is 11.9. The first kappa shape index (κ1) is 15.0. The highest BCUT2D eigenvalue weighted by Gasteiger charge is 2.19. The van der Waals surface area contributed by atoms with E-state index in [1.165, 1.54) is 17.1 Å². The van der Waals surface area contributed by atoms with Gasteiger partial charge in [-0.25, -0.2) is 13.1 Å². The summed E-state index contributed by atoms with van der Waals surface area (Å²) < 4.78 is 27.7. The molecule has 0 radical (unpaired) electrons. The molecule has 0 spiro atoms. The number of anilines is 1. The van der Waals surface area contributed by atoms with Gasteiger partial charge in [-0.2, -0.15) is 15.1 Å². The molecule has 0 aliphatic rings. The van der Waals surface area contributed by atoms with E-state index in [2.05, 4.69) is 19.8 Å². The third-order valence-corrected chi connectivity index (χ3v) is 4.38. The summed E-state index contributed by atoms with van der Waals surface area (Å²) in [6, 6.07) is 0. The zero-order valence-electron chi connectivity index (χ0n) is 10.6. The third kappa shape index (κ3) is 3.02. The van der Waals surface area contributed by atoms with E-state index in [1.54, 1.807) is 7.05 Å². The van der Waals surface area contributed by atoms with Gasteiger partial charge < -0.3 is 0 Å². The molecular weight excluding hydrogens is 325 g/mol. The van der Waals surface area contributed by atoms with Crippen molar-refractivity contribution >= 4 is 39.2 Å². The van der Waals surface area contributed by atoms with Gasteiger partial charge in [0, 0.05) is 18.8 Å². The van der Waals surface area contributed by atoms with Crippen molar-refractivity contribution in [2.45, 2.75) is 18.2 Å². The van der Waals surface area contributed by atoms with Gasteiger partial charge >= 0.3 is 0 Å². The van der Waals surface area contributed by atoms with Crippen molar-refractivity contribution in [1.29, 1.82) is 0 Å². The fourth-order valence-corrected chi connectivity index (χ4v) is 3.07. The van der Waals surface area contributed by atoms with Crippen LogP contribution in [0.5, 0.6) is 0 Å². The second-order valence-electron chi connectivity index (χ2n) is 3.92. The standard InChI is InChI=1S/C10H11Cl2N5O2S/c1-3-7-8(11)14-10(15-9(7)12)16-20(18,19)6-4-13-17(2)5-6/h4-5H,3H2,1-2H3,(H,14,15,16). The quantitative estimate of drug-likeness (QED) is 0.861. The topological polar surface area (TPSA) is 89.8 Å². The van der Waals surface area contributed by atoms with E-state index < -0.39 is 10.0 Å². The van der Waals surface area contributed by atoms with Gasteiger partial charge in [-0.3, -0.25) is 4.68 Å². The Morgan fingerprint density at radius 3 is 2.35 bits per heavy atom. The van der Waals surface area contributed by atoms with Crippen molar-refractivity contribution < 1.29 is 8.42 Å². The minimum Gasteiger partial charge on any atom is -0.274 e. The first-order valence-corrected chi connectivity index (χ1v) is 7.80. The molecule has 108 valence electrons. The predicted octanol–water partition coefficient (Wildman–Crippen LogP) is 1.88. The smallest absolute Gasteiger partial charge is 0.267 e. The summed E-state index contributed by atoms with van der Waals surface area (Å²) in [6.45, 7) is 1.84. The number of rotatable bonds is 4. The summed E-state index contributed by atoms with van der Waals surface area (Å²) in [7, 11) is -2.21. The normalized spacial score (nSPS) is 11.6. The predicted molar refractivity (Wildman–Crippen MR) is 75.4 cm³/mol. The van der Waals surface area contributed by atoms with Gasteiger partial charge in [0.05, 0.1) is 6.20 Å². The highest BCUT2D eigenvalue weighted by atomic mass is 35.5. The number of hydrogen-bond donors (Lipinski definition) is 1. The molecule has 0 unspecified atom stereocenters. The highest BCUT2D eigenvalue weighted by molar-refractivity contribution is 7.92. The number of aryl methyl sites for hydroxylation is 1. The maximum Gasteiger partial charge on any atom is 0.267 e. The average molecular weight is 336 g/mol. The van der Waals surface area contributed by atoms with Gasteiger partial charge in [-0.1, -0.05) is 30.1 Å². The molecule has 0 fully saturated rings. The molecule has 1 N–H and O–H groups in total. The Hall–Kier alpha value is -1.38. The number of nitrogens with zero attached hydrogens (tertiary/aromatic N) is 4. The summed E-state index contributed by atoms with van der Waals surface area (Å²) in [4.78, 5) is 7.75. The number of hydrogen-bond acceptors (Lipinski definition) is 5. The van der Waals surface area contributed by atoms with E-state index in [9.17, 15) is 8.42 Å². The second-order valence-corrected chi connectivity index (χ2v) is 6.31. The van der Waals surface area contributed by atoms with Crippen molar-refractivity contribution in [2.24, 2.45) is 7.05 Å². The molecule has 10 heteroatoms. The Kier molecular flexibility index (Phi) is 4.17. The van der Waals surface area contributed by atoms with Gasteiger partial charge in [-0.15, -0.1) is 0 Å². The second kappa shape index (κ2) is 5.55. The lowest BCUT2D eigenvalue weighted by molar-refractivity contribution is 0.600. The van der Waals surface area contributed by atoms with E-state index >= 15 is 0 Å².